The van der Waals surface area contributed by atoms with E-state index in [-0.39, 0.29) is 6.10 Å². The zero-order chi connectivity index (χ0) is 10.1. The topological polar surface area (TPSA) is 59.2 Å². The molecule has 0 atom stereocenters. The van der Waals surface area contributed by atoms with Gasteiger partial charge in [0, 0.05) is 12.3 Å². The Labute approximate surface area is 83.3 Å². The Morgan fingerprint density at radius 2 is 2.21 bits per heavy atom. The molecule has 0 unspecified atom stereocenters. The first-order valence-electron chi connectivity index (χ1n) is 5.15. The van der Waals surface area contributed by atoms with Gasteiger partial charge in [-0.05, 0) is 18.8 Å². The van der Waals surface area contributed by atoms with E-state index in [0.29, 0.717) is 17.7 Å². The summed E-state index contributed by atoms with van der Waals surface area (Å²) in [6.07, 6.45) is 2.23. The first-order chi connectivity index (χ1) is 6.65. The van der Waals surface area contributed by atoms with Crippen molar-refractivity contribution >= 4 is 0 Å². The Bertz CT molecular complexity index is 303. The molecule has 0 saturated heterocycles. The Morgan fingerprint density at radius 3 is 2.79 bits per heavy atom. The molecule has 1 aromatic heterocycles. The van der Waals surface area contributed by atoms with Gasteiger partial charge in [0.05, 0.1) is 6.10 Å². The highest BCUT2D eigenvalue weighted by Crippen LogP contribution is 2.35. The third-order valence-corrected chi connectivity index (χ3v) is 2.54. The molecule has 0 amide bonds. The molecule has 1 N–H and O–H groups in total. The molecule has 1 aliphatic rings. The van der Waals surface area contributed by atoms with E-state index < -0.39 is 0 Å². The summed E-state index contributed by atoms with van der Waals surface area (Å²) in [5.74, 6) is 2.33. The molecular formula is C10H16N2O2. The van der Waals surface area contributed by atoms with Crippen LogP contribution in [0.25, 0.3) is 0 Å². The first-order valence-corrected chi connectivity index (χ1v) is 5.15. The fraction of sp³-hybridized carbons (Fsp3) is 0.800. The quantitative estimate of drug-likeness (QED) is 0.796. The van der Waals surface area contributed by atoms with Gasteiger partial charge in [0.1, 0.15) is 0 Å². The Hall–Kier alpha value is -0.900. The summed E-state index contributed by atoms with van der Waals surface area (Å²) in [5, 5.41) is 13.1. The zero-order valence-electron chi connectivity index (χ0n) is 8.60. The number of aromatic nitrogens is 2. The average molecular weight is 196 g/mol. The summed E-state index contributed by atoms with van der Waals surface area (Å²) in [4.78, 5) is 4.32. The van der Waals surface area contributed by atoms with Gasteiger partial charge in [-0.3, -0.25) is 0 Å². The molecule has 1 aromatic rings. The largest absolute Gasteiger partial charge is 0.393 e. The second-order valence-electron chi connectivity index (χ2n) is 4.47. The van der Waals surface area contributed by atoms with Gasteiger partial charge in [-0.25, -0.2) is 0 Å². The SMILES string of the molecule is CC(C)Cc1noc(C2CC(O)C2)n1. The van der Waals surface area contributed by atoms with Crippen LogP contribution in [-0.4, -0.2) is 21.4 Å². The van der Waals surface area contributed by atoms with E-state index in [1.54, 1.807) is 0 Å². The maximum atomic E-state index is 9.14. The van der Waals surface area contributed by atoms with Gasteiger partial charge in [0.15, 0.2) is 5.82 Å². The zero-order valence-corrected chi connectivity index (χ0v) is 8.60. The molecule has 0 radical (unpaired) electrons. The van der Waals surface area contributed by atoms with Crippen molar-refractivity contribution in [3.05, 3.63) is 11.7 Å². The minimum absolute atomic E-state index is 0.166. The van der Waals surface area contributed by atoms with Crippen molar-refractivity contribution in [3.63, 3.8) is 0 Å². The third kappa shape index (κ3) is 1.95. The van der Waals surface area contributed by atoms with Gasteiger partial charge >= 0.3 is 0 Å². The van der Waals surface area contributed by atoms with Crippen molar-refractivity contribution < 1.29 is 9.63 Å². The number of rotatable bonds is 3. The maximum Gasteiger partial charge on any atom is 0.229 e. The third-order valence-electron chi connectivity index (χ3n) is 2.54. The lowest BCUT2D eigenvalue weighted by Crippen LogP contribution is -2.26. The minimum atomic E-state index is -0.166. The van der Waals surface area contributed by atoms with Crippen LogP contribution in [0.4, 0.5) is 0 Å². The summed E-state index contributed by atoms with van der Waals surface area (Å²) in [6.45, 7) is 4.26. The molecule has 0 bridgehead atoms. The van der Waals surface area contributed by atoms with Crippen molar-refractivity contribution in [1.29, 1.82) is 0 Å². The van der Waals surface area contributed by atoms with Crippen LogP contribution in [0.1, 0.15) is 44.3 Å². The molecule has 1 aliphatic carbocycles. The summed E-state index contributed by atoms with van der Waals surface area (Å²) in [6, 6.07) is 0. The Morgan fingerprint density at radius 1 is 1.50 bits per heavy atom. The minimum Gasteiger partial charge on any atom is -0.393 e. The lowest BCUT2D eigenvalue weighted by Gasteiger charge is -2.27. The van der Waals surface area contributed by atoms with E-state index in [1.807, 2.05) is 0 Å². The van der Waals surface area contributed by atoms with Crippen LogP contribution >= 0.6 is 0 Å². The van der Waals surface area contributed by atoms with Crippen molar-refractivity contribution in [2.24, 2.45) is 5.92 Å². The van der Waals surface area contributed by atoms with Gasteiger partial charge in [-0.2, -0.15) is 4.98 Å². The highest BCUT2D eigenvalue weighted by atomic mass is 16.5. The predicted molar refractivity (Wildman–Crippen MR) is 50.8 cm³/mol. The second-order valence-corrected chi connectivity index (χ2v) is 4.47. The summed E-state index contributed by atoms with van der Waals surface area (Å²) in [5.41, 5.74) is 0. The Kier molecular flexibility index (Phi) is 2.54. The van der Waals surface area contributed by atoms with Gasteiger partial charge in [-0.1, -0.05) is 19.0 Å². The smallest absolute Gasteiger partial charge is 0.229 e. The first kappa shape index (κ1) is 9.65. The summed E-state index contributed by atoms with van der Waals surface area (Å²) < 4.78 is 5.15. The van der Waals surface area contributed by atoms with Crippen molar-refractivity contribution in [1.82, 2.24) is 10.1 Å². The normalized spacial score (nSPS) is 26.6. The molecule has 4 nitrogen and oxygen atoms in total. The predicted octanol–water partition coefficient (Wildman–Crippen LogP) is 1.51. The van der Waals surface area contributed by atoms with Crippen molar-refractivity contribution in [3.8, 4) is 0 Å². The molecular weight excluding hydrogens is 180 g/mol. The number of hydrogen-bond donors (Lipinski definition) is 1. The highest BCUT2D eigenvalue weighted by Gasteiger charge is 2.32. The average Bonchev–Trinajstić information content (AvgIpc) is 2.46. The molecule has 2 rings (SSSR count). The molecule has 14 heavy (non-hydrogen) atoms. The number of nitrogens with zero attached hydrogens (tertiary/aromatic N) is 2. The number of aliphatic hydroxyl groups excluding tert-OH is 1. The van der Waals surface area contributed by atoms with Crippen LogP contribution < -0.4 is 0 Å². The van der Waals surface area contributed by atoms with Gasteiger partial charge in [0.25, 0.3) is 0 Å². The van der Waals surface area contributed by atoms with E-state index in [1.165, 1.54) is 0 Å². The van der Waals surface area contributed by atoms with E-state index in [2.05, 4.69) is 24.0 Å². The maximum absolute atomic E-state index is 9.14. The molecule has 0 aromatic carbocycles. The van der Waals surface area contributed by atoms with Crippen LogP contribution in [-0.2, 0) is 6.42 Å². The van der Waals surface area contributed by atoms with Gasteiger partial charge in [-0.15, -0.1) is 0 Å². The summed E-state index contributed by atoms with van der Waals surface area (Å²) >= 11 is 0. The lowest BCUT2D eigenvalue weighted by molar-refractivity contribution is 0.0625. The molecule has 0 spiro atoms. The fourth-order valence-corrected chi connectivity index (χ4v) is 1.67. The molecule has 1 heterocycles. The van der Waals surface area contributed by atoms with Gasteiger partial charge in [0.2, 0.25) is 5.89 Å². The standard InChI is InChI=1S/C10H16N2O2/c1-6(2)3-9-11-10(14-12-9)7-4-8(13)5-7/h6-8,13H,3-5H2,1-2H3. The van der Waals surface area contributed by atoms with E-state index in [4.69, 9.17) is 9.63 Å². The molecule has 0 aliphatic heterocycles. The number of hydrogen-bond acceptors (Lipinski definition) is 4. The molecule has 78 valence electrons. The van der Waals surface area contributed by atoms with Crippen LogP contribution in [0.3, 0.4) is 0 Å². The van der Waals surface area contributed by atoms with E-state index in [0.717, 1.165) is 25.1 Å². The Balaban J connectivity index is 1.96. The van der Waals surface area contributed by atoms with E-state index >= 15 is 0 Å². The van der Waals surface area contributed by atoms with Crippen molar-refractivity contribution in [2.45, 2.75) is 45.1 Å². The highest BCUT2D eigenvalue weighted by molar-refractivity contribution is 5.01. The van der Waals surface area contributed by atoms with Crippen LogP contribution in [0.15, 0.2) is 4.52 Å². The van der Waals surface area contributed by atoms with Crippen molar-refractivity contribution in [2.75, 3.05) is 0 Å². The monoisotopic (exact) mass is 196 g/mol. The van der Waals surface area contributed by atoms with Gasteiger partial charge < -0.3 is 9.63 Å². The molecule has 1 fully saturated rings. The fourth-order valence-electron chi connectivity index (χ4n) is 1.67. The van der Waals surface area contributed by atoms with Crippen LogP contribution in [0.5, 0.6) is 0 Å². The lowest BCUT2D eigenvalue weighted by atomic mass is 9.82. The van der Waals surface area contributed by atoms with E-state index in [9.17, 15) is 0 Å². The van der Waals surface area contributed by atoms with Crippen LogP contribution in [0.2, 0.25) is 0 Å². The van der Waals surface area contributed by atoms with Crippen LogP contribution in [0, 0.1) is 5.92 Å². The summed E-state index contributed by atoms with van der Waals surface area (Å²) in [7, 11) is 0. The number of aliphatic hydroxyl groups is 1. The molecule has 1 saturated carbocycles. The second kappa shape index (κ2) is 3.69. The molecule has 4 heteroatoms.